The third-order valence-electron chi connectivity index (χ3n) is 1.41. The summed E-state index contributed by atoms with van der Waals surface area (Å²) < 4.78 is 0. The van der Waals surface area contributed by atoms with Crippen molar-refractivity contribution in [1.82, 2.24) is 9.97 Å². The fourth-order valence-electron chi connectivity index (χ4n) is 0.808. The Labute approximate surface area is 70.0 Å². The van der Waals surface area contributed by atoms with Crippen molar-refractivity contribution < 1.29 is 0 Å². The van der Waals surface area contributed by atoms with Gasteiger partial charge in [0.2, 0.25) is 0 Å². The second-order valence-electron chi connectivity index (χ2n) is 2.44. The summed E-state index contributed by atoms with van der Waals surface area (Å²) >= 11 is 0. The third kappa shape index (κ3) is 1.98. The van der Waals surface area contributed by atoms with E-state index in [4.69, 9.17) is 5.73 Å². The van der Waals surface area contributed by atoms with Crippen LogP contribution in [0.15, 0.2) is 11.0 Å². The number of anilines is 2. The van der Waals surface area contributed by atoms with Gasteiger partial charge in [0.05, 0.1) is 11.9 Å². The van der Waals surface area contributed by atoms with Crippen molar-refractivity contribution in [2.45, 2.75) is 13.3 Å². The molecule has 1 heterocycles. The highest BCUT2D eigenvalue weighted by Gasteiger charge is 1.97. The third-order valence-corrected chi connectivity index (χ3v) is 1.41. The summed E-state index contributed by atoms with van der Waals surface area (Å²) in [5, 5.41) is 3.03. The first-order valence-electron chi connectivity index (χ1n) is 3.82. The number of hydrogen-bond donors (Lipinski definition) is 3. The molecule has 0 radical (unpaired) electrons. The number of nitrogens with one attached hydrogen (secondary N) is 2. The summed E-state index contributed by atoms with van der Waals surface area (Å²) in [7, 11) is 0. The summed E-state index contributed by atoms with van der Waals surface area (Å²) in [6.07, 6.45) is 2.43. The van der Waals surface area contributed by atoms with E-state index in [0.717, 1.165) is 13.0 Å². The van der Waals surface area contributed by atoms with Crippen LogP contribution < -0.4 is 16.7 Å². The topological polar surface area (TPSA) is 83.8 Å². The predicted molar refractivity (Wildman–Crippen MR) is 48.1 cm³/mol. The lowest BCUT2D eigenvalue weighted by Gasteiger charge is -2.05. The summed E-state index contributed by atoms with van der Waals surface area (Å²) in [5.41, 5.74) is 5.76. The summed E-state index contributed by atoms with van der Waals surface area (Å²) in [4.78, 5) is 16.6. The lowest BCUT2D eigenvalue weighted by molar-refractivity contribution is 0.970. The molecule has 0 aromatic carbocycles. The first-order valence-corrected chi connectivity index (χ1v) is 3.82. The molecule has 5 nitrogen and oxygen atoms in total. The Kier molecular flexibility index (Phi) is 2.68. The number of H-pyrrole nitrogens is 1. The molecular weight excluding hydrogens is 156 g/mol. The Bertz CT molecular complexity index is 307. The number of hydrogen-bond acceptors (Lipinski definition) is 4. The first-order chi connectivity index (χ1) is 5.74. The minimum absolute atomic E-state index is 0.337. The fraction of sp³-hybridized carbons (Fsp3) is 0.429. The van der Waals surface area contributed by atoms with Crippen molar-refractivity contribution in [3.05, 3.63) is 16.7 Å². The van der Waals surface area contributed by atoms with Gasteiger partial charge >= 0.3 is 5.69 Å². The second kappa shape index (κ2) is 3.75. The molecule has 66 valence electrons. The Balaban J connectivity index is 2.79. The van der Waals surface area contributed by atoms with E-state index >= 15 is 0 Å². The molecule has 0 bridgehead atoms. The van der Waals surface area contributed by atoms with Gasteiger partial charge in [0.25, 0.3) is 0 Å². The summed E-state index contributed by atoms with van der Waals surface area (Å²) in [5.74, 6) is 0.337. The van der Waals surface area contributed by atoms with Gasteiger partial charge in [0, 0.05) is 6.54 Å². The number of aromatic amines is 1. The number of aromatic nitrogens is 2. The molecular formula is C7H12N4O. The smallest absolute Gasteiger partial charge is 0.346 e. The van der Waals surface area contributed by atoms with Crippen molar-refractivity contribution in [3.8, 4) is 0 Å². The van der Waals surface area contributed by atoms with E-state index in [1.165, 1.54) is 6.20 Å². The van der Waals surface area contributed by atoms with Gasteiger partial charge < -0.3 is 11.1 Å². The lowest BCUT2D eigenvalue weighted by Crippen LogP contribution is -2.14. The standard InChI is InChI=1S/C7H12N4O/c1-2-3-9-5-4-10-7(12)11-6(5)8/h4,9H,2-3H2,1H3,(H3,8,10,11,12). The van der Waals surface area contributed by atoms with E-state index in [9.17, 15) is 4.79 Å². The number of nitrogen functional groups attached to an aromatic ring is 1. The van der Waals surface area contributed by atoms with Gasteiger partial charge in [-0.1, -0.05) is 6.92 Å². The van der Waals surface area contributed by atoms with Gasteiger partial charge in [-0.25, -0.2) is 4.79 Å². The van der Waals surface area contributed by atoms with E-state index in [1.807, 2.05) is 6.92 Å². The number of rotatable bonds is 3. The quantitative estimate of drug-likeness (QED) is 0.601. The van der Waals surface area contributed by atoms with E-state index in [2.05, 4.69) is 15.3 Å². The molecule has 12 heavy (non-hydrogen) atoms. The van der Waals surface area contributed by atoms with E-state index < -0.39 is 5.69 Å². The Morgan fingerprint density at radius 1 is 1.75 bits per heavy atom. The van der Waals surface area contributed by atoms with E-state index in [-0.39, 0.29) is 0 Å². The molecule has 1 rings (SSSR count). The minimum Gasteiger partial charge on any atom is -0.383 e. The highest BCUT2D eigenvalue weighted by Crippen LogP contribution is 2.09. The highest BCUT2D eigenvalue weighted by molar-refractivity contribution is 5.59. The van der Waals surface area contributed by atoms with Gasteiger partial charge in [0.15, 0.2) is 0 Å². The highest BCUT2D eigenvalue weighted by atomic mass is 16.1. The van der Waals surface area contributed by atoms with Crippen molar-refractivity contribution >= 4 is 11.5 Å². The molecule has 0 fully saturated rings. The maximum Gasteiger partial charge on any atom is 0.346 e. The molecule has 1 aromatic rings. The molecule has 1 aromatic heterocycles. The van der Waals surface area contributed by atoms with Crippen LogP contribution >= 0.6 is 0 Å². The molecule has 0 saturated heterocycles. The van der Waals surface area contributed by atoms with Gasteiger partial charge in [-0.3, -0.25) is 4.98 Å². The van der Waals surface area contributed by atoms with Crippen LogP contribution in [0.3, 0.4) is 0 Å². The predicted octanol–water partition coefficient (Wildman–Crippen LogP) is 0.174. The van der Waals surface area contributed by atoms with Gasteiger partial charge in [0.1, 0.15) is 5.82 Å². The monoisotopic (exact) mass is 168 g/mol. The second-order valence-corrected chi connectivity index (χ2v) is 2.44. The largest absolute Gasteiger partial charge is 0.383 e. The van der Waals surface area contributed by atoms with Crippen molar-refractivity contribution in [2.24, 2.45) is 0 Å². The van der Waals surface area contributed by atoms with Gasteiger partial charge in [-0.05, 0) is 6.42 Å². The van der Waals surface area contributed by atoms with Crippen LogP contribution in [0.4, 0.5) is 11.5 Å². The summed E-state index contributed by atoms with van der Waals surface area (Å²) in [6.45, 7) is 2.86. The van der Waals surface area contributed by atoms with Crippen LogP contribution in [-0.2, 0) is 0 Å². The van der Waals surface area contributed by atoms with Crippen LogP contribution in [0, 0.1) is 0 Å². The van der Waals surface area contributed by atoms with Gasteiger partial charge in [-0.2, -0.15) is 4.98 Å². The molecule has 0 amide bonds. The lowest BCUT2D eigenvalue weighted by atomic mass is 10.4. The zero-order chi connectivity index (χ0) is 8.97. The molecule has 0 unspecified atom stereocenters. The molecule has 0 spiro atoms. The van der Waals surface area contributed by atoms with Crippen LogP contribution in [0.5, 0.6) is 0 Å². The Morgan fingerprint density at radius 3 is 3.08 bits per heavy atom. The van der Waals surface area contributed by atoms with E-state index in [0.29, 0.717) is 11.5 Å². The Hall–Kier alpha value is -1.52. The zero-order valence-corrected chi connectivity index (χ0v) is 6.92. The van der Waals surface area contributed by atoms with Crippen molar-refractivity contribution in [3.63, 3.8) is 0 Å². The normalized spacial score (nSPS) is 9.75. The van der Waals surface area contributed by atoms with E-state index in [1.54, 1.807) is 0 Å². The molecule has 0 aliphatic rings. The van der Waals surface area contributed by atoms with Crippen molar-refractivity contribution in [2.75, 3.05) is 17.6 Å². The van der Waals surface area contributed by atoms with Gasteiger partial charge in [-0.15, -0.1) is 0 Å². The van der Waals surface area contributed by atoms with Crippen LogP contribution in [0.1, 0.15) is 13.3 Å². The fourth-order valence-corrected chi connectivity index (χ4v) is 0.808. The molecule has 4 N–H and O–H groups in total. The molecule has 0 aliphatic heterocycles. The molecule has 0 aliphatic carbocycles. The average molecular weight is 168 g/mol. The number of nitrogens with zero attached hydrogens (tertiary/aromatic N) is 1. The zero-order valence-electron chi connectivity index (χ0n) is 6.92. The SMILES string of the molecule is CCCNc1cnc(=O)[nH]c1N. The maximum absolute atomic E-state index is 10.6. The summed E-state index contributed by atoms with van der Waals surface area (Å²) in [6, 6.07) is 0. The molecule has 0 saturated carbocycles. The van der Waals surface area contributed by atoms with Crippen LogP contribution in [0.2, 0.25) is 0 Å². The minimum atomic E-state index is -0.422. The molecule has 5 heteroatoms. The average Bonchev–Trinajstić information content (AvgIpc) is 2.03. The van der Waals surface area contributed by atoms with Crippen molar-refractivity contribution in [1.29, 1.82) is 0 Å². The first kappa shape index (κ1) is 8.58. The molecule has 0 atom stereocenters. The Morgan fingerprint density at radius 2 is 2.50 bits per heavy atom. The van der Waals surface area contributed by atoms with Crippen LogP contribution in [-0.4, -0.2) is 16.5 Å². The van der Waals surface area contributed by atoms with Crippen LogP contribution in [0.25, 0.3) is 0 Å². The number of nitrogens with two attached hydrogens (primary N) is 1. The maximum atomic E-state index is 10.6.